The van der Waals surface area contributed by atoms with Gasteiger partial charge in [0, 0.05) is 17.0 Å². The lowest BCUT2D eigenvalue weighted by Crippen LogP contribution is -2.42. The first kappa shape index (κ1) is 19.8. The van der Waals surface area contributed by atoms with Crippen LogP contribution in [0.5, 0.6) is 0 Å². The van der Waals surface area contributed by atoms with Gasteiger partial charge in [-0.15, -0.1) is 36.2 Å². The van der Waals surface area contributed by atoms with Gasteiger partial charge in [-0.05, 0) is 38.1 Å². The zero-order chi connectivity index (χ0) is 14.7. The fraction of sp³-hybridized carbons (Fsp3) is 0.333. The highest BCUT2D eigenvalue weighted by atomic mass is 35.5. The molecule has 2 heterocycles. The van der Waals surface area contributed by atoms with Crippen molar-refractivity contribution in [2.75, 3.05) is 13.1 Å². The summed E-state index contributed by atoms with van der Waals surface area (Å²) in [5.41, 5.74) is 0.792. The first-order valence-corrected chi connectivity index (χ1v) is 7.84. The minimum atomic E-state index is -0.322. The number of nitrogens with one attached hydrogen (secondary N) is 2. The lowest BCUT2D eigenvalue weighted by atomic mass is 10.1. The van der Waals surface area contributed by atoms with Crippen LogP contribution in [0.4, 0.5) is 4.39 Å². The third-order valence-electron chi connectivity index (χ3n) is 3.52. The summed E-state index contributed by atoms with van der Waals surface area (Å²) >= 11 is 1.28. The molecule has 1 aromatic heterocycles. The molecule has 2 aromatic rings. The summed E-state index contributed by atoms with van der Waals surface area (Å²) in [6, 6.07) is 6.65. The number of nitrogens with zero attached hydrogens (tertiary/aromatic N) is 1. The van der Waals surface area contributed by atoms with Crippen LogP contribution in [0.2, 0.25) is 0 Å². The van der Waals surface area contributed by atoms with Gasteiger partial charge in [0.1, 0.15) is 16.5 Å². The van der Waals surface area contributed by atoms with Crippen LogP contribution in [0.1, 0.15) is 23.3 Å². The zero-order valence-corrected chi connectivity index (χ0v) is 14.7. The molecule has 2 N–H and O–H groups in total. The van der Waals surface area contributed by atoms with Gasteiger partial charge in [0.15, 0.2) is 0 Å². The van der Waals surface area contributed by atoms with Crippen LogP contribution in [0, 0.1) is 5.82 Å². The molecule has 1 aromatic carbocycles. The maximum absolute atomic E-state index is 13.7. The van der Waals surface area contributed by atoms with Crippen molar-refractivity contribution in [3.05, 3.63) is 41.2 Å². The molecule has 1 fully saturated rings. The molecule has 3 rings (SSSR count). The molecule has 4 nitrogen and oxygen atoms in total. The van der Waals surface area contributed by atoms with Gasteiger partial charge in [0.2, 0.25) is 0 Å². The molecular formula is C15H18Cl2FN3OS. The highest BCUT2D eigenvalue weighted by Crippen LogP contribution is 2.26. The third-order valence-corrected chi connectivity index (χ3v) is 4.39. The summed E-state index contributed by atoms with van der Waals surface area (Å²) in [6.07, 6.45) is 1.85. The van der Waals surface area contributed by atoms with E-state index in [0.29, 0.717) is 16.3 Å². The quantitative estimate of drug-likeness (QED) is 0.862. The fourth-order valence-electron chi connectivity index (χ4n) is 2.36. The van der Waals surface area contributed by atoms with E-state index in [9.17, 15) is 9.18 Å². The molecular weight excluding hydrogens is 360 g/mol. The molecule has 23 heavy (non-hydrogen) atoms. The van der Waals surface area contributed by atoms with Crippen LogP contribution in [-0.4, -0.2) is 30.0 Å². The van der Waals surface area contributed by atoms with Crippen molar-refractivity contribution in [1.82, 2.24) is 15.6 Å². The molecule has 1 amide bonds. The summed E-state index contributed by atoms with van der Waals surface area (Å²) in [5, 5.41) is 8.45. The van der Waals surface area contributed by atoms with Crippen molar-refractivity contribution < 1.29 is 9.18 Å². The molecule has 8 heteroatoms. The second-order valence-corrected chi connectivity index (χ2v) is 5.87. The van der Waals surface area contributed by atoms with E-state index in [1.807, 2.05) is 0 Å². The summed E-state index contributed by atoms with van der Waals surface area (Å²) < 4.78 is 13.7. The standard InChI is InChI=1S/C15H16FN3OS.2ClH/c16-12-4-2-1-3-11(12)15-19-13(9-21-15)14(20)18-10-5-7-17-8-6-10;;/h1-4,9-10,17H,5-8H2,(H,18,20);2*1H. The molecule has 0 aliphatic carbocycles. The Hall–Kier alpha value is -1.21. The van der Waals surface area contributed by atoms with Crippen molar-refractivity contribution in [2.24, 2.45) is 0 Å². The Morgan fingerprint density at radius 2 is 1.96 bits per heavy atom. The molecule has 1 aliphatic rings. The van der Waals surface area contributed by atoms with Crippen LogP contribution >= 0.6 is 36.2 Å². The van der Waals surface area contributed by atoms with Crippen LogP contribution in [-0.2, 0) is 0 Å². The molecule has 126 valence electrons. The average molecular weight is 378 g/mol. The normalized spacial score (nSPS) is 14.5. The van der Waals surface area contributed by atoms with Crippen molar-refractivity contribution >= 4 is 42.1 Å². The number of hydrogen-bond acceptors (Lipinski definition) is 4. The molecule has 0 saturated carbocycles. The third kappa shape index (κ3) is 4.88. The monoisotopic (exact) mass is 377 g/mol. The van der Waals surface area contributed by atoms with Crippen LogP contribution < -0.4 is 10.6 Å². The summed E-state index contributed by atoms with van der Waals surface area (Å²) in [4.78, 5) is 16.4. The maximum Gasteiger partial charge on any atom is 0.270 e. The van der Waals surface area contributed by atoms with Crippen molar-refractivity contribution in [3.63, 3.8) is 0 Å². The number of halogens is 3. The van der Waals surface area contributed by atoms with Gasteiger partial charge in [-0.2, -0.15) is 0 Å². The first-order valence-electron chi connectivity index (χ1n) is 6.96. The van der Waals surface area contributed by atoms with Gasteiger partial charge in [-0.3, -0.25) is 4.79 Å². The molecule has 0 radical (unpaired) electrons. The number of aromatic nitrogens is 1. The SMILES string of the molecule is Cl.Cl.O=C(NC1CCNCC1)c1csc(-c2ccccc2F)n1. The Morgan fingerprint density at radius 1 is 1.26 bits per heavy atom. The van der Waals surface area contributed by atoms with Crippen LogP contribution in [0.15, 0.2) is 29.6 Å². The molecule has 0 bridgehead atoms. The topological polar surface area (TPSA) is 54.0 Å². The van der Waals surface area contributed by atoms with E-state index >= 15 is 0 Å². The fourth-order valence-corrected chi connectivity index (χ4v) is 3.19. The van der Waals surface area contributed by atoms with E-state index in [1.54, 1.807) is 23.6 Å². The maximum atomic E-state index is 13.7. The summed E-state index contributed by atoms with van der Waals surface area (Å²) in [7, 11) is 0. The number of hydrogen-bond donors (Lipinski definition) is 2. The lowest BCUT2D eigenvalue weighted by molar-refractivity contribution is 0.0925. The van der Waals surface area contributed by atoms with Gasteiger partial charge in [-0.25, -0.2) is 9.37 Å². The van der Waals surface area contributed by atoms with E-state index < -0.39 is 0 Å². The molecule has 1 saturated heterocycles. The van der Waals surface area contributed by atoms with Crippen LogP contribution in [0.25, 0.3) is 10.6 Å². The Labute approximate surface area is 150 Å². The Bertz CT molecular complexity index is 647. The number of piperidine rings is 1. The molecule has 0 unspecified atom stereocenters. The summed E-state index contributed by atoms with van der Waals surface area (Å²) in [5.74, 6) is -0.502. The van der Waals surface area contributed by atoms with Gasteiger partial charge in [-0.1, -0.05) is 12.1 Å². The first-order chi connectivity index (χ1) is 10.2. The Morgan fingerprint density at radius 3 is 2.65 bits per heavy atom. The van der Waals surface area contributed by atoms with Gasteiger partial charge >= 0.3 is 0 Å². The number of carbonyl (C=O) groups excluding carboxylic acids is 1. The van der Waals surface area contributed by atoms with E-state index in [0.717, 1.165) is 25.9 Å². The molecule has 0 spiro atoms. The highest BCUT2D eigenvalue weighted by molar-refractivity contribution is 7.13. The van der Waals surface area contributed by atoms with Gasteiger partial charge in [0.25, 0.3) is 5.91 Å². The minimum absolute atomic E-state index is 0. The largest absolute Gasteiger partial charge is 0.348 e. The smallest absolute Gasteiger partial charge is 0.270 e. The van der Waals surface area contributed by atoms with Crippen molar-refractivity contribution in [3.8, 4) is 10.6 Å². The van der Waals surface area contributed by atoms with Crippen molar-refractivity contribution in [2.45, 2.75) is 18.9 Å². The number of benzene rings is 1. The highest BCUT2D eigenvalue weighted by Gasteiger charge is 2.19. The van der Waals surface area contributed by atoms with Gasteiger partial charge in [0.05, 0.1) is 0 Å². The van der Waals surface area contributed by atoms with Crippen molar-refractivity contribution in [1.29, 1.82) is 0 Å². The van der Waals surface area contributed by atoms with Crippen LogP contribution in [0.3, 0.4) is 0 Å². The van der Waals surface area contributed by atoms with E-state index in [1.165, 1.54) is 17.4 Å². The van der Waals surface area contributed by atoms with Gasteiger partial charge < -0.3 is 10.6 Å². The predicted octanol–water partition coefficient (Wildman–Crippen LogP) is 3.27. The summed E-state index contributed by atoms with van der Waals surface area (Å²) in [6.45, 7) is 1.84. The zero-order valence-electron chi connectivity index (χ0n) is 12.3. The average Bonchev–Trinajstić information content (AvgIpc) is 2.98. The number of carbonyl (C=O) groups is 1. The van der Waals surface area contributed by atoms with E-state index in [4.69, 9.17) is 0 Å². The minimum Gasteiger partial charge on any atom is -0.348 e. The molecule has 0 atom stereocenters. The molecule has 1 aliphatic heterocycles. The van der Waals surface area contributed by atoms with E-state index in [-0.39, 0.29) is 42.6 Å². The predicted molar refractivity (Wildman–Crippen MR) is 95.4 cm³/mol. The lowest BCUT2D eigenvalue weighted by Gasteiger charge is -2.23. The number of amides is 1. The second kappa shape index (κ2) is 9.17. The van der Waals surface area contributed by atoms with E-state index in [2.05, 4.69) is 15.6 Å². The number of rotatable bonds is 3. The Balaban J connectivity index is 0.00000132. The number of thiazole rings is 1. The second-order valence-electron chi connectivity index (χ2n) is 5.02. The Kier molecular flexibility index (Phi) is 7.91.